The van der Waals surface area contributed by atoms with E-state index in [9.17, 15) is 14.4 Å². The Bertz CT molecular complexity index is 481. The summed E-state index contributed by atoms with van der Waals surface area (Å²) in [5.41, 5.74) is 0. The molecule has 0 spiro atoms. The molecule has 0 aromatic rings. The Labute approximate surface area is 202 Å². The van der Waals surface area contributed by atoms with Crippen molar-refractivity contribution in [2.75, 3.05) is 0 Å². The van der Waals surface area contributed by atoms with E-state index in [4.69, 9.17) is 9.22 Å². The third-order valence-electron chi connectivity index (χ3n) is 5.78. The van der Waals surface area contributed by atoms with Gasteiger partial charge in [-0.15, -0.1) is 0 Å². The summed E-state index contributed by atoms with van der Waals surface area (Å²) >= 11 is -4.81. The summed E-state index contributed by atoms with van der Waals surface area (Å²) in [6, 6.07) is 0. The van der Waals surface area contributed by atoms with Gasteiger partial charge < -0.3 is 0 Å². The van der Waals surface area contributed by atoms with Gasteiger partial charge in [-0.1, -0.05) is 0 Å². The first-order chi connectivity index (χ1) is 15.2. The normalized spacial score (nSPS) is 15.8. The average molecular weight is 563 g/mol. The first-order valence-corrected chi connectivity index (χ1v) is 18.4. The minimum atomic E-state index is -4.81. The summed E-state index contributed by atoms with van der Waals surface area (Å²) in [5.74, 6) is -2.18. The molecule has 0 radical (unpaired) electrons. The van der Waals surface area contributed by atoms with Crippen LogP contribution in [0.3, 0.4) is 0 Å². The molecule has 0 amide bonds. The average Bonchev–Trinajstić information content (AvgIpc) is 2.77. The van der Waals surface area contributed by atoms with E-state index < -0.39 is 37.5 Å². The molecule has 0 heterocycles. The molecule has 0 saturated heterocycles. The standard InChI is InChI=1S/3C7H14O2.C4H9.Sn/c3*1-3-4-5-6(2)7(8)9;1-3-4-2;/h3*6H,3-5H2,1-2H3,(H,8,9);1,3-4H2,2H3;/q;;;;+3/p-3. The molecule has 0 saturated carbocycles. The predicted molar refractivity (Wildman–Crippen MR) is 130 cm³/mol. The van der Waals surface area contributed by atoms with Crippen molar-refractivity contribution in [3.05, 3.63) is 0 Å². The molecule has 3 unspecified atom stereocenters. The zero-order chi connectivity index (χ0) is 24.6. The van der Waals surface area contributed by atoms with E-state index in [-0.39, 0.29) is 17.8 Å². The van der Waals surface area contributed by atoms with Crippen LogP contribution in [-0.4, -0.2) is 37.5 Å². The number of hydrogen-bond acceptors (Lipinski definition) is 6. The third kappa shape index (κ3) is 12.4. The molecule has 0 rings (SSSR count). The van der Waals surface area contributed by atoms with Crippen molar-refractivity contribution < 1.29 is 23.6 Å². The minimum absolute atomic E-state index is 0.319. The van der Waals surface area contributed by atoms with Gasteiger partial charge in [-0.25, -0.2) is 0 Å². The van der Waals surface area contributed by atoms with Crippen molar-refractivity contribution in [2.24, 2.45) is 17.8 Å². The number of carbonyl (C=O) groups is 3. The van der Waals surface area contributed by atoms with E-state index in [0.717, 1.165) is 44.9 Å². The van der Waals surface area contributed by atoms with Crippen LogP contribution in [0.1, 0.15) is 119 Å². The molecule has 188 valence electrons. The van der Waals surface area contributed by atoms with Crippen LogP contribution in [0, 0.1) is 17.8 Å². The summed E-state index contributed by atoms with van der Waals surface area (Å²) in [4.78, 5) is 38.8. The Morgan fingerprint density at radius 3 is 1.09 bits per heavy atom. The van der Waals surface area contributed by atoms with Gasteiger partial charge in [-0.3, -0.25) is 0 Å². The molecule has 0 aliphatic heterocycles. The Kier molecular flexibility index (Phi) is 17.2. The molecule has 0 aromatic carbocycles. The van der Waals surface area contributed by atoms with Crippen LogP contribution < -0.4 is 0 Å². The quantitative estimate of drug-likeness (QED) is 0.170. The van der Waals surface area contributed by atoms with E-state index in [2.05, 4.69) is 20.8 Å². The summed E-state index contributed by atoms with van der Waals surface area (Å²) in [6.45, 7) is 13.7. The second kappa shape index (κ2) is 17.7. The first-order valence-electron chi connectivity index (χ1n) is 12.8. The molecule has 0 bridgehead atoms. The molecule has 0 aromatic heterocycles. The van der Waals surface area contributed by atoms with E-state index in [1.54, 1.807) is 0 Å². The van der Waals surface area contributed by atoms with E-state index >= 15 is 0 Å². The fourth-order valence-corrected chi connectivity index (χ4v) is 11.1. The first kappa shape index (κ1) is 31.2. The third-order valence-corrected chi connectivity index (χ3v) is 12.9. The molecule has 32 heavy (non-hydrogen) atoms. The van der Waals surface area contributed by atoms with Crippen LogP contribution in [0.25, 0.3) is 0 Å². The Balaban J connectivity index is 5.76. The molecule has 7 heteroatoms. The molecular formula is C25H48O6Sn. The van der Waals surface area contributed by atoms with Gasteiger partial charge in [0, 0.05) is 0 Å². The summed E-state index contributed by atoms with van der Waals surface area (Å²) < 4.78 is 18.1. The molecule has 3 atom stereocenters. The predicted octanol–water partition coefficient (Wildman–Crippen LogP) is 6.83. The summed E-state index contributed by atoms with van der Waals surface area (Å²) in [7, 11) is 0. The second-order valence-corrected chi connectivity index (χ2v) is 16.3. The monoisotopic (exact) mass is 564 g/mol. The molecule has 0 N–H and O–H groups in total. The van der Waals surface area contributed by atoms with Crippen molar-refractivity contribution in [3.63, 3.8) is 0 Å². The van der Waals surface area contributed by atoms with Crippen LogP contribution in [-0.2, 0) is 23.6 Å². The van der Waals surface area contributed by atoms with Gasteiger partial charge >= 0.3 is 202 Å². The topological polar surface area (TPSA) is 78.9 Å². The maximum absolute atomic E-state index is 12.9. The van der Waals surface area contributed by atoms with Crippen LogP contribution in [0.4, 0.5) is 0 Å². The van der Waals surface area contributed by atoms with Crippen molar-refractivity contribution in [3.8, 4) is 0 Å². The van der Waals surface area contributed by atoms with Crippen molar-refractivity contribution in [2.45, 2.75) is 124 Å². The maximum atomic E-state index is 12.9. The fraction of sp³-hybridized carbons (Fsp3) is 0.880. The molecule has 0 aliphatic carbocycles. The van der Waals surface area contributed by atoms with Crippen molar-refractivity contribution in [1.29, 1.82) is 0 Å². The van der Waals surface area contributed by atoms with Gasteiger partial charge in [0.15, 0.2) is 0 Å². The summed E-state index contributed by atoms with van der Waals surface area (Å²) in [6.07, 6.45) is 9.29. The van der Waals surface area contributed by atoms with E-state index in [1.807, 2.05) is 27.7 Å². The fourth-order valence-electron chi connectivity index (χ4n) is 3.25. The van der Waals surface area contributed by atoms with Gasteiger partial charge in [0.05, 0.1) is 0 Å². The molecule has 0 fully saturated rings. The number of unbranched alkanes of at least 4 members (excludes halogenated alkanes) is 4. The van der Waals surface area contributed by atoms with Crippen molar-refractivity contribution in [1.82, 2.24) is 0 Å². The zero-order valence-corrected chi connectivity index (χ0v) is 24.5. The van der Waals surface area contributed by atoms with Crippen LogP contribution in [0.5, 0.6) is 0 Å². The van der Waals surface area contributed by atoms with Gasteiger partial charge in [0.2, 0.25) is 0 Å². The Morgan fingerprint density at radius 2 is 0.844 bits per heavy atom. The second-order valence-electron chi connectivity index (χ2n) is 9.18. The van der Waals surface area contributed by atoms with Crippen LogP contribution >= 0.6 is 0 Å². The molecule has 6 nitrogen and oxygen atoms in total. The van der Waals surface area contributed by atoms with Crippen LogP contribution in [0.15, 0.2) is 0 Å². The van der Waals surface area contributed by atoms with Gasteiger partial charge in [-0.2, -0.15) is 0 Å². The van der Waals surface area contributed by atoms with Crippen molar-refractivity contribution >= 4 is 37.5 Å². The number of rotatable bonds is 18. The number of hydrogen-bond donors (Lipinski definition) is 0. The zero-order valence-electron chi connectivity index (χ0n) is 21.7. The van der Waals surface area contributed by atoms with Crippen LogP contribution in [0.2, 0.25) is 4.44 Å². The SMILES string of the molecule is CCCCC(C)C(=O)[O][Sn]([CH2]CCC)([O]C(=O)C(C)CCCC)[O]C(=O)C(C)CCCC. The van der Waals surface area contributed by atoms with Gasteiger partial charge in [0.1, 0.15) is 0 Å². The molecular weight excluding hydrogens is 515 g/mol. The van der Waals surface area contributed by atoms with Gasteiger partial charge in [-0.05, 0) is 0 Å². The van der Waals surface area contributed by atoms with E-state index in [1.165, 1.54) is 0 Å². The Morgan fingerprint density at radius 1 is 0.562 bits per heavy atom. The summed E-state index contributed by atoms with van der Waals surface area (Å²) in [5, 5.41) is 0. The van der Waals surface area contributed by atoms with Gasteiger partial charge in [0.25, 0.3) is 0 Å². The molecule has 0 aliphatic rings. The Hall–Kier alpha value is -0.791. The van der Waals surface area contributed by atoms with E-state index in [0.29, 0.717) is 30.1 Å². The number of carbonyl (C=O) groups excluding carboxylic acids is 3.